The van der Waals surface area contributed by atoms with Gasteiger partial charge in [-0.2, -0.15) is 9.78 Å². The van der Waals surface area contributed by atoms with E-state index >= 15 is 0 Å². The molecule has 2 heterocycles. The molecule has 0 bridgehead atoms. The van der Waals surface area contributed by atoms with Crippen LogP contribution < -0.4 is 10.9 Å². The summed E-state index contributed by atoms with van der Waals surface area (Å²) in [6.07, 6.45) is 1.62. The molecule has 31 heavy (non-hydrogen) atoms. The molecule has 1 atom stereocenters. The highest BCUT2D eigenvalue weighted by atomic mass is 32.2. The number of amides is 1. The van der Waals surface area contributed by atoms with Gasteiger partial charge in [-0.3, -0.25) is 13.8 Å². The third-order valence-corrected chi connectivity index (χ3v) is 6.90. The standard InChI is InChI=1S/C23H23N3O4S/c27-22-10-9-21(25-26(22)19-7-2-1-3-8-19)23(28)24-18-6-4-5-17(15-18)16-31(29)20-11-13-30-14-12-20/h1-10,15,20H,11-14,16H2,(H,24,28). The van der Waals surface area contributed by atoms with Crippen molar-refractivity contribution in [3.8, 4) is 5.69 Å². The van der Waals surface area contributed by atoms with Gasteiger partial charge >= 0.3 is 0 Å². The first kappa shape index (κ1) is 21.1. The minimum atomic E-state index is -0.984. The summed E-state index contributed by atoms with van der Waals surface area (Å²) in [5.74, 6) is 0.0123. The molecule has 0 saturated carbocycles. The molecule has 8 heteroatoms. The summed E-state index contributed by atoms with van der Waals surface area (Å²) >= 11 is 0. The van der Waals surface area contributed by atoms with Crippen molar-refractivity contribution in [3.63, 3.8) is 0 Å². The van der Waals surface area contributed by atoms with E-state index in [0.29, 0.717) is 30.3 Å². The van der Waals surface area contributed by atoms with Gasteiger partial charge in [-0.25, -0.2) is 0 Å². The highest BCUT2D eigenvalue weighted by Gasteiger charge is 2.20. The van der Waals surface area contributed by atoms with E-state index in [4.69, 9.17) is 4.74 Å². The molecule has 1 fully saturated rings. The summed E-state index contributed by atoms with van der Waals surface area (Å²) in [6, 6.07) is 19.0. The van der Waals surface area contributed by atoms with Crippen LogP contribution in [0.1, 0.15) is 28.9 Å². The Morgan fingerprint density at radius 1 is 1.06 bits per heavy atom. The lowest BCUT2D eigenvalue weighted by molar-refractivity contribution is 0.0991. The zero-order chi connectivity index (χ0) is 21.6. The van der Waals surface area contributed by atoms with Crippen LogP contribution in [0, 0.1) is 0 Å². The van der Waals surface area contributed by atoms with Crippen molar-refractivity contribution in [2.75, 3.05) is 18.5 Å². The van der Waals surface area contributed by atoms with Crippen LogP contribution in [0.4, 0.5) is 5.69 Å². The molecule has 3 aromatic rings. The number of nitrogens with one attached hydrogen (secondary N) is 1. The maximum absolute atomic E-state index is 12.7. The number of ether oxygens (including phenoxy) is 1. The molecule has 1 unspecified atom stereocenters. The second-order valence-electron chi connectivity index (χ2n) is 7.30. The Labute approximate surface area is 182 Å². The van der Waals surface area contributed by atoms with Gasteiger partial charge in [-0.05, 0) is 48.7 Å². The van der Waals surface area contributed by atoms with Crippen molar-refractivity contribution < 1.29 is 13.7 Å². The smallest absolute Gasteiger partial charge is 0.276 e. The fourth-order valence-electron chi connectivity index (χ4n) is 3.44. The Balaban J connectivity index is 1.47. The lowest BCUT2D eigenvalue weighted by Crippen LogP contribution is -2.25. The third-order valence-electron chi connectivity index (χ3n) is 5.07. The molecule has 4 rings (SSSR count). The van der Waals surface area contributed by atoms with Gasteiger partial charge in [0.2, 0.25) is 0 Å². The molecule has 1 amide bonds. The summed E-state index contributed by atoms with van der Waals surface area (Å²) < 4.78 is 19.2. The molecule has 0 aliphatic carbocycles. The molecule has 2 aromatic carbocycles. The molecule has 160 valence electrons. The maximum atomic E-state index is 12.7. The van der Waals surface area contributed by atoms with Gasteiger partial charge in [-0.1, -0.05) is 30.3 Å². The Kier molecular flexibility index (Phi) is 6.69. The van der Waals surface area contributed by atoms with Crippen LogP contribution in [0.5, 0.6) is 0 Å². The van der Waals surface area contributed by atoms with Crippen LogP contribution in [0.2, 0.25) is 0 Å². The second kappa shape index (κ2) is 9.80. The molecule has 1 saturated heterocycles. The number of para-hydroxylation sites is 1. The van der Waals surface area contributed by atoms with Crippen molar-refractivity contribution in [3.05, 3.63) is 88.3 Å². The van der Waals surface area contributed by atoms with E-state index in [2.05, 4.69) is 10.4 Å². The highest BCUT2D eigenvalue weighted by Crippen LogP contribution is 2.19. The van der Waals surface area contributed by atoms with Gasteiger partial charge in [0.25, 0.3) is 11.5 Å². The first-order valence-electron chi connectivity index (χ1n) is 10.1. The summed E-state index contributed by atoms with van der Waals surface area (Å²) in [7, 11) is -0.984. The van der Waals surface area contributed by atoms with E-state index in [0.717, 1.165) is 18.4 Å². The summed E-state index contributed by atoms with van der Waals surface area (Å²) in [4.78, 5) is 24.9. The monoisotopic (exact) mass is 437 g/mol. The number of benzene rings is 2. The van der Waals surface area contributed by atoms with Gasteiger partial charge in [0.1, 0.15) is 5.69 Å². The lowest BCUT2D eigenvalue weighted by Gasteiger charge is -2.21. The molecule has 1 aliphatic heterocycles. The fourth-order valence-corrected chi connectivity index (χ4v) is 4.90. The molecular weight excluding hydrogens is 414 g/mol. The number of rotatable bonds is 6. The second-order valence-corrected chi connectivity index (χ2v) is 9.01. The zero-order valence-electron chi connectivity index (χ0n) is 16.9. The molecule has 1 aliphatic rings. The van der Waals surface area contributed by atoms with E-state index in [-0.39, 0.29) is 16.5 Å². The molecule has 7 nitrogen and oxygen atoms in total. The predicted octanol–water partition coefficient (Wildman–Crippen LogP) is 2.91. The number of carbonyl (C=O) groups excluding carboxylic acids is 1. The van der Waals surface area contributed by atoms with Crippen molar-refractivity contribution in [2.45, 2.75) is 23.8 Å². The minimum Gasteiger partial charge on any atom is -0.381 e. The molecule has 0 spiro atoms. The number of aromatic nitrogens is 2. The maximum Gasteiger partial charge on any atom is 0.276 e. The molecule has 0 radical (unpaired) electrons. The average molecular weight is 438 g/mol. The van der Waals surface area contributed by atoms with E-state index in [1.54, 1.807) is 30.3 Å². The number of nitrogens with zero attached hydrogens (tertiary/aromatic N) is 2. The molecular formula is C23H23N3O4S. The van der Waals surface area contributed by atoms with Gasteiger partial charge in [0, 0.05) is 46.8 Å². The van der Waals surface area contributed by atoms with Gasteiger partial charge in [0.05, 0.1) is 5.69 Å². The highest BCUT2D eigenvalue weighted by molar-refractivity contribution is 7.84. The summed E-state index contributed by atoms with van der Waals surface area (Å²) in [5, 5.41) is 7.16. The Hall–Kier alpha value is -3.10. The Bertz CT molecular complexity index is 1140. The lowest BCUT2D eigenvalue weighted by atomic mass is 10.2. The van der Waals surface area contributed by atoms with Crippen LogP contribution in [0.25, 0.3) is 5.69 Å². The number of anilines is 1. The largest absolute Gasteiger partial charge is 0.381 e. The fraction of sp³-hybridized carbons (Fsp3) is 0.261. The van der Waals surface area contributed by atoms with Crippen molar-refractivity contribution in [2.24, 2.45) is 0 Å². The van der Waals surface area contributed by atoms with Crippen LogP contribution in [-0.4, -0.2) is 38.4 Å². The first-order chi connectivity index (χ1) is 15.1. The Morgan fingerprint density at radius 3 is 2.61 bits per heavy atom. The van der Waals surface area contributed by atoms with E-state index in [9.17, 15) is 13.8 Å². The molecule has 1 aromatic heterocycles. The van der Waals surface area contributed by atoms with E-state index < -0.39 is 16.7 Å². The topological polar surface area (TPSA) is 90.3 Å². The van der Waals surface area contributed by atoms with Crippen molar-refractivity contribution in [1.29, 1.82) is 0 Å². The number of carbonyl (C=O) groups is 1. The van der Waals surface area contributed by atoms with Crippen LogP contribution >= 0.6 is 0 Å². The van der Waals surface area contributed by atoms with Crippen LogP contribution in [0.3, 0.4) is 0 Å². The average Bonchev–Trinajstić information content (AvgIpc) is 2.80. The SMILES string of the molecule is O=C(Nc1cccc(CS(=O)C2CCOCC2)c1)c1ccc(=O)n(-c2ccccc2)n1. The van der Waals surface area contributed by atoms with Gasteiger partial charge in [-0.15, -0.1) is 0 Å². The van der Waals surface area contributed by atoms with E-state index in [1.165, 1.54) is 16.8 Å². The zero-order valence-corrected chi connectivity index (χ0v) is 17.7. The van der Waals surface area contributed by atoms with Crippen molar-refractivity contribution in [1.82, 2.24) is 9.78 Å². The number of hydrogen-bond acceptors (Lipinski definition) is 5. The van der Waals surface area contributed by atoms with Crippen LogP contribution in [-0.2, 0) is 21.3 Å². The Morgan fingerprint density at radius 2 is 1.84 bits per heavy atom. The van der Waals surface area contributed by atoms with Crippen LogP contribution in [0.15, 0.2) is 71.5 Å². The summed E-state index contributed by atoms with van der Waals surface area (Å²) in [5.41, 5.74) is 1.87. The predicted molar refractivity (Wildman–Crippen MR) is 120 cm³/mol. The number of hydrogen-bond donors (Lipinski definition) is 1. The first-order valence-corrected chi connectivity index (χ1v) is 11.5. The van der Waals surface area contributed by atoms with Crippen molar-refractivity contribution >= 4 is 22.4 Å². The quantitative estimate of drug-likeness (QED) is 0.640. The third kappa shape index (κ3) is 5.34. The minimum absolute atomic E-state index is 0.125. The normalized spacial score (nSPS) is 15.4. The van der Waals surface area contributed by atoms with Gasteiger partial charge < -0.3 is 10.1 Å². The summed E-state index contributed by atoms with van der Waals surface area (Å²) in [6.45, 7) is 1.31. The molecule has 1 N–H and O–H groups in total. The van der Waals surface area contributed by atoms with E-state index in [1.807, 2.05) is 24.3 Å². The van der Waals surface area contributed by atoms with Gasteiger partial charge in [0.15, 0.2) is 0 Å².